The number of rotatable bonds is 7. The van der Waals surface area contributed by atoms with Gasteiger partial charge in [0.2, 0.25) is 0 Å². The first kappa shape index (κ1) is 18.2. The van der Waals surface area contributed by atoms with Gasteiger partial charge in [0, 0.05) is 4.47 Å². The van der Waals surface area contributed by atoms with E-state index in [9.17, 15) is 0 Å². The van der Waals surface area contributed by atoms with Gasteiger partial charge in [-0.3, -0.25) is 5.43 Å². The van der Waals surface area contributed by atoms with Gasteiger partial charge in [-0.05, 0) is 60.6 Å². The molecule has 0 bridgehead atoms. The Morgan fingerprint density at radius 2 is 1.96 bits per heavy atom. The minimum Gasteiger partial charge on any atom is -0.490 e. The smallest absolute Gasteiger partial charge is 0.184 e. The SMILES string of the molecule is CCOc1cc(C=NNC(N)=S)ccc1OCc1ccc(Br)cc1. The fourth-order valence-electron chi connectivity index (χ4n) is 1.90. The van der Waals surface area contributed by atoms with E-state index >= 15 is 0 Å². The van der Waals surface area contributed by atoms with E-state index in [1.807, 2.05) is 49.4 Å². The lowest BCUT2D eigenvalue weighted by molar-refractivity contribution is 0.269. The minimum absolute atomic E-state index is 0.116. The third-order valence-corrected chi connectivity index (χ3v) is 3.58. The molecule has 0 aromatic heterocycles. The lowest BCUT2D eigenvalue weighted by Gasteiger charge is -2.12. The van der Waals surface area contributed by atoms with E-state index in [2.05, 4.69) is 26.5 Å². The second kappa shape index (κ2) is 9.24. The third-order valence-electron chi connectivity index (χ3n) is 2.96. The van der Waals surface area contributed by atoms with Gasteiger partial charge in [0.1, 0.15) is 6.61 Å². The predicted octanol–water partition coefficient (Wildman–Crippen LogP) is 3.59. The predicted molar refractivity (Wildman–Crippen MR) is 104 cm³/mol. The van der Waals surface area contributed by atoms with Gasteiger partial charge in [-0.25, -0.2) is 0 Å². The Kier molecular flexibility index (Phi) is 7.02. The number of ether oxygens (including phenoxy) is 2. The van der Waals surface area contributed by atoms with Crippen LogP contribution >= 0.6 is 28.1 Å². The van der Waals surface area contributed by atoms with Crippen LogP contribution in [0.3, 0.4) is 0 Å². The molecule has 0 aliphatic rings. The highest BCUT2D eigenvalue weighted by Crippen LogP contribution is 2.29. The molecule has 2 rings (SSSR count). The third kappa shape index (κ3) is 5.82. The first-order valence-corrected chi connectivity index (χ1v) is 8.51. The molecule has 0 spiro atoms. The zero-order chi connectivity index (χ0) is 17.4. The maximum Gasteiger partial charge on any atom is 0.184 e. The molecule has 0 radical (unpaired) electrons. The summed E-state index contributed by atoms with van der Waals surface area (Å²) in [6, 6.07) is 13.6. The fourth-order valence-corrected chi connectivity index (χ4v) is 2.22. The lowest BCUT2D eigenvalue weighted by atomic mass is 10.2. The maximum absolute atomic E-state index is 5.87. The Labute approximate surface area is 155 Å². The quantitative estimate of drug-likeness (QED) is 0.416. The lowest BCUT2D eigenvalue weighted by Crippen LogP contribution is -2.23. The Hall–Kier alpha value is -2.12. The molecule has 24 heavy (non-hydrogen) atoms. The molecule has 2 aromatic carbocycles. The highest BCUT2D eigenvalue weighted by molar-refractivity contribution is 9.10. The summed E-state index contributed by atoms with van der Waals surface area (Å²) < 4.78 is 12.6. The molecule has 0 aliphatic heterocycles. The van der Waals surface area contributed by atoms with Crippen molar-refractivity contribution in [2.24, 2.45) is 10.8 Å². The van der Waals surface area contributed by atoms with Crippen LogP contribution in [0.5, 0.6) is 11.5 Å². The number of hydrazone groups is 1. The molecule has 2 aromatic rings. The number of hydrogen-bond acceptors (Lipinski definition) is 4. The second-order valence-corrected chi connectivity index (χ2v) is 6.14. The molecule has 0 saturated carbocycles. The van der Waals surface area contributed by atoms with E-state index < -0.39 is 0 Å². The van der Waals surface area contributed by atoms with Crippen LogP contribution in [-0.4, -0.2) is 17.9 Å². The Bertz CT molecular complexity index is 720. The normalized spacial score (nSPS) is 10.6. The standard InChI is InChI=1S/C17H18BrN3O2S/c1-2-22-16-9-13(10-20-21-17(19)24)5-8-15(16)23-11-12-3-6-14(18)7-4-12/h3-10H,2,11H2,1H3,(H3,19,21,24). The van der Waals surface area contributed by atoms with Gasteiger partial charge in [-0.2, -0.15) is 5.10 Å². The van der Waals surface area contributed by atoms with Gasteiger partial charge in [-0.15, -0.1) is 0 Å². The van der Waals surface area contributed by atoms with Crippen LogP contribution in [0.4, 0.5) is 0 Å². The molecule has 0 aliphatic carbocycles. The van der Waals surface area contributed by atoms with Crippen LogP contribution in [-0.2, 0) is 6.61 Å². The van der Waals surface area contributed by atoms with Crippen LogP contribution in [0.25, 0.3) is 0 Å². The summed E-state index contributed by atoms with van der Waals surface area (Å²) in [5.74, 6) is 1.34. The van der Waals surface area contributed by atoms with Crippen molar-refractivity contribution in [3.63, 3.8) is 0 Å². The number of nitrogens with one attached hydrogen (secondary N) is 1. The molecule has 5 nitrogen and oxygen atoms in total. The van der Waals surface area contributed by atoms with Gasteiger partial charge >= 0.3 is 0 Å². The van der Waals surface area contributed by atoms with Crippen LogP contribution in [0, 0.1) is 0 Å². The molecular weight excluding hydrogens is 390 g/mol. The molecule has 0 atom stereocenters. The molecule has 126 valence electrons. The average molecular weight is 408 g/mol. The molecule has 0 saturated heterocycles. The van der Waals surface area contributed by atoms with Gasteiger partial charge in [-0.1, -0.05) is 28.1 Å². The van der Waals surface area contributed by atoms with E-state index in [0.717, 1.165) is 15.6 Å². The fraction of sp³-hybridized carbons (Fsp3) is 0.176. The first-order valence-electron chi connectivity index (χ1n) is 7.31. The molecule has 3 N–H and O–H groups in total. The van der Waals surface area contributed by atoms with Crippen molar-refractivity contribution in [3.8, 4) is 11.5 Å². The zero-order valence-corrected chi connectivity index (χ0v) is 15.6. The summed E-state index contributed by atoms with van der Waals surface area (Å²) in [6.07, 6.45) is 1.61. The first-order chi connectivity index (χ1) is 11.6. The Morgan fingerprint density at radius 3 is 2.62 bits per heavy atom. The number of thiocarbonyl (C=S) groups is 1. The highest BCUT2D eigenvalue weighted by atomic mass is 79.9. The van der Waals surface area contributed by atoms with Crippen molar-refractivity contribution in [3.05, 3.63) is 58.1 Å². The summed E-state index contributed by atoms with van der Waals surface area (Å²) >= 11 is 8.11. The Balaban J connectivity index is 2.09. The summed E-state index contributed by atoms with van der Waals surface area (Å²) in [7, 11) is 0. The van der Waals surface area contributed by atoms with Crippen molar-refractivity contribution in [2.75, 3.05) is 6.61 Å². The summed E-state index contributed by atoms with van der Waals surface area (Å²) in [5, 5.41) is 4.05. The van der Waals surface area contributed by atoms with Crippen molar-refractivity contribution in [2.45, 2.75) is 13.5 Å². The molecular formula is C17H18BrN3O2S. The largest absolute Gasteiger partial charge is 0.490 e. The van der Waals surface area contributed by atoms with Gasteiger partial charge in [0.05, 0.1) is 12.8 Å². The van der Waals surface area contributed by atoms with Gasteiger partial charge in [0.25, 0.3) is 0 Å². The molecule has 0 amide bonds. The average Bonchev–Trinajstić information content (AvgIpc) is 2.55. The summed E-state index contributed by atoms with van der Waals surface area (Å²) in [5.41, 5.74) is 9.76. The number of benzene rings is 2. The molecule has 0 unspecified atom stereocenters. The van der Waals surface area contributed by atoms with E-state index in [1.165, 1.54) is 0 Å². The second-order valence-electron chi connectivity index (χ2n) is 4.79. The van der Waals surface area contributed by atoms with E-state index in [0.29, 0.717) is 24.7 Å². The van der Waals surface area contributed by atoms with Crippen molar-refractivity contribution in [1.82, 2.24) is 5.43 Å². The maximum atomic E-state index is 5.87. The number of halogens is 1. The number of hydrogen-bond donors (Lipinski definition) is 2. The number of nitrogens with two attached hydrogens (primary N) is 1. The van der Waals surface area contributed by atoms with Crippen LogP contribution in [0.15, 0.2) is 52.0 Å². The van der Waals surface area contributed by atoms with E-state index in [1.54, 1.807) is 6.21 Å². The molecule has 0 fully saturated rings. The summed E-state index contributed by atoms with van der Waals surface area (Å²) in [4.78, 5) is 0. The van der Waals surface area contributed by atoms with Crippen molar-refractivity contribution in [1.29, 1.82) is 0 Å². The monoisotopic (exact) mass is 407 g/mol. The van der Waals surface area contributed by atoms with Crippen molar-refractivity contribution >= 4 is 39.5 Å². The molecule has 0 heterocycles. The van der Waals surface area contributed by atoms with Gasteiger partial charge in [0.15, 0.2) is 16.6 Å². The summed E-state index contributed by atoms with van der Waals surface area (Å²) in [6.45, 7) is 2.93. The van der Waals surface area contributed by atoms with Crippen LogP contribution < -0.4 is 20.6 Å². The van der Waals surface area contributed by atoms with Crippen molar-refractivity contribution < 1.29 is 9.47 Å². The minimum atomic E-state index is 0.116. The van der Waals surface area contributed by atoms with E-state index in [-0.39, 0.29) is 5.11 Å². The van der Waals surface area contributed by atoms with E-state index in [4.69, 9.17) is 27.4 Å². The topological polar surface area (TPSA) is 68.9 Å². The highest BCUT2D eigenvalue weighted by Gasteiger charge is 2.06. The number of nitrogens with zero attached hydrogens (tertiary/aromatic N) is 1. The van der Waals surface area contributed by atoms with Crippen LogP contribution in [0.2, 0.25) is 0 Å². The molecule has 7 heteroatoms. The van der Waals surface area contributed by atoms with Gasteiger partial charge < -0.3 is 15.2 Å². The zero-order valence-electron chi connectivity index (χ0n) is 13.2. The van der Waals surface area contributed by atoms with Crippen LogP contribution in [0.1, 0.15) is 18.1 Å². The Morgan fingerprint density at radius 1 is 1.21 bits per heavy atom.